The molecule has 6 heteroatoms. The third-order valence-corrected chi connectivity index (χ3v) is 4.19. The van der Waals surface area contributed by atoms with E-state index in [4.69, 9.17) is 5.73 Å². The van der Waals surface area contributed by atoms with E-state index < -0.39 is 4.92 Å². The first-order chi connectivity index (χ1) is 10.0. The first-order valence-electron chi connectivity index (χ1n) is 7.36. The maximum Gasteiger partial charge on any atom is 0.270 e. The molecule has 2 unspecified atom stereocenters. The van der Waals surface area contributed by atoms with E-state index >= 15 is 0 Å². The minimum absolute atomic E-state index is 0.121. The van der Waals surface area contributed by atoms with Gasteiger partial charge in [-0.25, -0.2) is 0 Å². The van der Waals surface area contributed by atoms with Crippen LogP contribution in [0.2, 0.25) is 0 Å². The Morgan fingerprint density at radius 2 is 2.24 bits per heavy atom. The van der Waals surface area contributed by atoms with E-state index in [1.165, 1.54) is 24.6 Å². The quantitative estimate of drug-likeness (QED) is 0.506. The summed E-state index contributed by atoms with van der Waals surface area (Å²) in [5.74, 6) is 0.324. The van der Waals surface area contributed by atoms with Gasteiger partial charge in [0, 0.05) is 23.9 Å². The number of nitro groups is 1. The number of nitro benzene ring substituents is 1. The van der Waals surface area contributed by atoms with Gasteiger partial charge in [-0.05, 0) is 24.8 Å². The summed E-state index contributed by atoms with van der Waals surface area (Å²) in [5, 5.41) is 13.8. The lowest BCUT2D eigenvalue weighted by molar-refractivity contribution is -0.384. The highest BCUT2D eigenvalue weighted by Crippen LogP contribution is 2.27. The molecule has 0 radical (unpaired) electrons. The number of nitrogen functional groups attached to an aromatic ring is 1. The van der Waals surface area contributed by atoms with Crippen molar-refractivity contribution in [2.75, 3.05) is 5.73 Å². The topological polar surface area (TPSA) is 98.3 Å². The molecule has 21 heavy (non-hydrogen) atoms. The molecule has 114 valence electrons. The van der Waals surface area contributed by atoms with Crippen LogP contribution in [-0.4, -0.2) is 16.9 Å². The fourth-order valence-corrected chi connectivity index (χ4v) is 2.91. The zero-order chi connectivity index (χ0) is 15.4. The van der Waals surface area contributed by atoms with Crippen molar-refractivity contribution in [1.82, 2.24) is 5.32 Å². The number of carbonyl (C=O) groups excluding carboxylic acids is 1. The number of nitrogens with two attached hydrogens (primary N) is 1. The molecular weight excluding hydrogens is 270 g/mol. The van der Waals surface area contributed by atoms with Crippen molar-refractivity contribution >= 4 is 17.3 Å². The molecule has 1 aromatic rings. The summed E-state index contributed by atoms with van der Waals surface area (Å²) in [5.41, 5.74) is 6.09. The summed E-state index contributed by atoms with van der Waals surface area (Å²) >= 11 is 0. The predicted octanol–water partition coefficient (Wildman–Crippen LogP) is 2.88. The molecule has 2 rings (SSSR count). The smallest absolute Gasteiger partial charge is 0.270 e. The van der Waals surface area contributed by atoms with Crippen molar-refractivity contribution in [1.29, 1.82) is 0 Å². The first kappa shape index (κ1) is 15.3. The van der Waals surface area contributed by atoms with Crippen LogP contribution in [0.1, 0.15) is 49.4 Å². The van der Waals surface area contributed by atoms with E-state index in [9.17, 15) is 14.9 Å². The molecule has 1 fully saturated rings. The maximum absolute atomic E-state index is 12.3. The SMILES string of the molecule is CCC1CCCC(NC(=O)c2cc([N+](=O)[O-])ccc2N)C1. The molecule has 0 saturated heterocycles. The summed E-state index contributed by atoms with van der Waals surface area (Å²) in [6.07, 6.45) is 5.36. The van der Waals surface area contributed by atoms with Crippen molar-refractivity contribution in [3.05, 3.63) is 33.9 Å². The Morgan fingerprint density at radius 3 is 2.90 bits per heavy atom. The average Bonchev–Trinajstić information content (AvgIpc) is 2.47. The Balaban J connectivity index is 2.09. The van der Waals surface area contributed by atoms with Gasteiger partial charge in [-0.2, -0.15) is 0 Å². The van der Waals surface area contributed by atoms with Crippen LogP contribution in [0.5, 0.6) is 0 Å². The molecule has 0 aliphatic heterocycles. The van der Waals surface area contributed by atoms with Gasteiger partial charge in [0.2, 0.25) is 0 Å². The molecule has 1 amide bonds. The number of amides is 1. The fourth-order valence-electron chi connectivity index (χ4n) is 2.91. The number of anilines is 1. The van der Waals surface area contributed by atoms with Crippen molar-refractivity contribution in [2.24, 2.45) is 5.92 Å². The number of nitrogens with one attached hydrogen (secondary N) is 1. The summed E-state index contributed by atoms with van der Waals surface area (Å²) in [4.78, 5) is 22.6. The summed E-state index contributed by atoms with van der Waals surface area (Å²) < 4.78 is 0. The Morgan fingerprint density at radius 1 is 1.48 bits per heavy atom. The first-order valence-corrected chi connectivity index (χ1v) is 7.36. The highest BCUT2D eigenvalue weighted by molar-refractivity contribution is 5.99. The van der Waals surface area contributed by atoms with Crippen molar-refractivity contribution in [3.63, 3.8) is 0 Å². The third kappa shape index (κ3) is 3.71. The van der Waals surface area contributed by atoms with Crippen molar-refractivity contribution in [3.8, 4) is 0 Å². The number of carbonyl (C=O) groups is 1. The van der Waals surface area contributed by atoms with Crippen LogP contribution >= 0.6 is 0 Å². The van der Waals surface area contributed by atoms with Gasteiger partial charge in [-0.1, -0.05) is 26.2 Å². The highest BCUT2D eigenvalue weighted by Gasteiger charge is 2.24. The molecule has 1 aliphatic carbocycles. The van der Waals surface area contributed by atoms with Crippen LogP contribution in [0.15, 0.2) is 18.2 Å². The highest BCUT2D eigenvalue weighted by atomic mass is 16.6. The largest absolute Gasteiger partial charge is 0.398 e. The molecule has 0 aromatic heterocycles. The van der Waals surface area contributed by atoms with Crippen LogP contribution in [0.3, 0.4) is 0 Å². The van der Waals surface area contributed by atoms with Crippen molar-refractivity contribution in [2.45, 2.75) is 45.1 Å². The zero-order valence-electron chi connectivity index (χ0n) is 12.2. The number of hydrogen-bond acceptors (Lipinski definition) is 4. The summed E-state index contributed by atoms with van der Waals surface area (Å²) in [6, 6.07) is 4.09. The zero-order valence-corrected chi connectivity index (χ0v) is 12.2. The Kier molecular flexibility index (Phi) is 4.77. The van der Waals surface area contributed by atoms with Gasteiger partial charge in [0.05, 0.1) is 10.5 Å². The van der Waals surface area contributed by atoms with Crippen LogP contribution in [0, 0.1) is 16.0 Å². The summed E-state index contributed by atoms with van der Waals surface area (Å²) in [6.45, 7) is 2.16. The van der Waals surface area contributed by atoms with Gasteiger partial charge in [-0.15, -0.1) is 0 Å². The van der Waals surface area contributed by atoms with E-state index in [0.717, 1.165) is 25.7 Å². The van der Waals surface area contributed by atoms with E-state index in [1.54, 1.807) is 0 Å². The third-order valence-electron chi connectivity index (χ3n) is 4.19. The molecule has 0 spiro atoms. The fraction of sp³-hybridized carbons (Fsp3) is 0.533. The van der Waals surface area contributed by atoms with E-state index in [2.05, 4.69) is 12.2 Å². The molecule has 0 bridgehead atoms. The lowest BCUT2D eigenvalue weighted by Crippen LogP contribution is -2.38. The normalized spacial score (nSPS) is 21.8. The molecule has 1 aliphatic rings. The van der Waals surface area contributed by atoms with Gasteiger partial charge in [0.15, 0.2) is 0 Å². The second-order valence-corrected chi connectivity index (χ2v) is 5.64. The number of rotatable bonds is 4. The lowest BCUT2D eigenvalue weighted by atomic mass is 9.84. The second-order valence-electron chi connectivity index (χ2n) is 5.64. The van der Waals surface area contributed by atoms with Crippen LogP contribution in [0.25, 0.3) is 0 Å². The standard InChI is InChI=1S/C15H21N3O3/c1-2-10-4-3-5-11(8-10)17-15(19)13-9-12(18(20)21)6-7-14(13)16/h6-7,9-11H,2-5,8,16H2,1H3,(H,17,19). The van der Waals surface area contributed by atoms with Crippen LogP contribution < -0.4 is 11.1 Å². The number of benzene rings is 1. The Labute approximate surface area is 123 Å². The van der Waals surface area contributed by atoms with E-state index in [0.29, 0.717) is 5.92 Å². The molecular formula is C15H21N3O3. The Hall–Kier alpha value is -2.11. The van der Waals surface area contributed by atoms with Gasteiger partial charge < -0.3 is 11.1 Å². The van der Waals surface area contributed by atoms with E-state index in [-0.39, 0.29) is 28.9 Å². The molecule has 1 aromatic carbocycles. The monoisotopic (exact) mass is 291 g/mol. The molecule has 1 saturated carbocycles. The molecule has 0 heterocycles. The molecule has 2 atom stereocenters. The van der Waals surface area contributed by atoms with Gasteiger partial charge in [0.25, 0.3) is 11.6 Å². The number of hydrogen-bond donors (Lipinski definition) is 2. The van der Waals surface area contributed by atoms with Gasteiger partial charge >= 0.3 is 0 Å². The van der Waals surface area contributed by atoms with Gasteiger partial charge in [-0.3, -0.25) is 14.9 Å². The van der Waals surface area contributed by atoms with Crippen LogP contribution in [0.4, 0.5) is 11.4 Å². The lowest BCUT2D eigenvalue weighted by Gasteiger charge is -2.29. The maximum atomic E-state index is 12.3. The predicted molar refractivity (Wildman–Crippen MR) is 81.0 cm³/mol. The van der Waals surface area contributed by atoms with Gasteiger partial charge in [0.1, 0.15) is 0 Å². The van der Waals surface area contributed by atoms with E-state index in [1.807, 2.05) is 0 Å². The van der Waals surface area contributed by atoms with Crippen molar-refractivity contribution < 1.29 is 9.72 Å². The minimum atomic E-state index is -0.524. The Bertz CT molecular complexity index is 545. The van der Waals surface area contributed by atoms with Crippen LogP contribution in [-0.2, 0) is 0 Å². The minimum Gasteiger partial charge on any atom is -0.398 e. The second kappa shape index (κ2) is 6.56. The molecule has 3 N–H and O–H groups in total. The number of non-ortho nitro benzene ring substituents is 1. The number of nitrogens with zero attached hydrogens (tertiary/aromatic N) is 1. The summed E-state index contributed by atoms with van der Waals surface area (Å²) in [7, 11) is 0. The molecule has 6 nitrogen and oxygen atoms in total. The average molecular weight is 291 g/mol.